The van der Waals surface area contributed by atoms with Gasteiger partial charge in [-0.25, -0.2) is 9.97 Å². The number of para-hydroxylation sites is 1. The minimum Gasteiger partial charge on any atom is -0.228 e. The molecule has 2 nitrogen and oxygen atoms in total. The van der Waals surface area contributed by atoms with Gasteiger partial charge >= 0.3 is 0 Å². The molecule has 3 heteroatoms. The Morgan fingerprint density at radius 2 is 1.07 bits per heavy atom. The lowest BCUT2D eigenvalue weighted by Gasteiger charge is -2.10. The van der Waals surface area contributed by atoms with Gasteiger partial charge in [-0.2, -0.15) is 0 Å². The number of hydrogen-bond acceptors (Lipinski definition) is 2. The Kier molecular flexibility index (Phi) is 4.55. The Morgan fingerprint density at radius 3 is 1.83 bits per heavy atom. The quantitative estimate of drug-likeness (QED) is 0.322. The molecular weight excluding hydrogens is 376 g/mol. The van der Waals surface area contributed by atoms with Gasteiger partial charge in [0.2, 0.25) is 0 Å². The molecule has 0 bridgehead atoms. The summed E-state index contributed by atoms with van der Waals surface area (Å²) in [6, 6.07) is 34.7. The number of rotatable bonds is 3. The van der Waals surface area contributed by atoms with Gasteiger partial charge in [-0.1, -0.05) is 84.4 Å². The first-order chi connectivity index (χ1) is 14.3. The van der Waals surface area contributed by atoms with Gasteiger partial charge in [0.05, 0.1) is 11.2 Å². The van der Waals surface area contributed by atoms with Gasteiger partial charge in [0, 0.05) is 21.5 Å². The fraction of sp³-hybridized carbons (Fsp3) is 0. The molecule has 5 rings (SSSR count). The van der Waals surface area contributed by atoms with E-state index in [2.05, 4.69) is 54.6 Å². The number of aromatic nitrogens is 2. The number of nitrogens with zero attached hydrogens (tertiary/aromatic N) is 2. The first kappa shape index (κ1) is 17.6. The highest BCUT2D eigenvalue weighted by Crippen LogP contribution is 2.31. The van der Waals surface area contributed by atoms with Crippen LogP contribution in [0.1, 0.15) is 0 Å². The smallest absolute Gasteiger partial charge is 0.160 e. The lowest BCUT2D eigenvalue weighted by Crippen LogP contribution is -1.95. The second kappa shape index (κ2) is 7.50. The molecule has 138 valence electrons. The molecule has 0 N–H and O–H groups in total. The van der Waals surface area contributed by atoms with Crippen molar-refractivity contribution in [2.75, 3.05) is 0 Å². The van der Waals surface area contributed by atoms with Crippen LogP contribution >= 0.6 is 11.6 Å². The van der Waals surface area contributed by atoms with Crippen molar-refractivity contribution in [2.24, 2.45) is 0 Å². The van der Waals surface area contributed by atoms with E-state index in [4.69, 9.17) is 21.6 Å². The summed E-state index contributed by atoms with van der Waals surface area (Å²) in [6.07, 6.45) is 0. The average molecular weight is 393 g/mol. The second-order valence-electron chi connectivity index (χ2n) is 6.86. The summed E-state index contributed by atoms with van der Waals surface area (Å²) in [7, 11) is 0. The second-order valence-corrected chi connectivity index (χ2v) is 7.30. The third kappa shape index (κ3) is 3.51. The Balaban J connectivity index is 1.64. The van der Waals surface area contributed by atoms with E-state index in [1.807, 2.05) is 48.5 Å². The third-order valence-corrected chi connectivity index (χ3v) is 5.22. The monoisotopic (exact) mass is 392 g/mol. The first-order valence-corrected chi connectivity index (χ1v) is 9.84. The summed E-state index contributed by atoms with van der Waals surface area (Å²) in [5.41, 5.74) is 6.26. The SMILES string of the molecule is Clc1ccc(-c2nc(-c3ccc(-c4ccccc4)cc3)c3ccccc3n2)cc1. The van der Waals surface area contributed by atoms with Gasteiger partial charge in [0.1, 0.15) is 0 Å². The molecule has 0 radical (unpaired) electrons. The molecule has 0 amide bonds. The zero-order valence-corrected chi connectivity index (χ0v) is 16.3. The van der Waals surface area contributed by atoms with Gasteiger partial charge < -0.3 is 0 Å². The topological polar surface area (TPSA) is 25.8 Å². The Bertz CT molecular complexity index is 1280. The normalized spacial score (nSPS) is 10.9. The maximum absolute atomic E-state index is 6.05. The predicted molar refractivity (Wildman–Crippen MR) is 121 cm³/mol. The lowest BCUT2D eigenvalue weighted by molar-refractivity contribution is 1.23. The first-order valence-electron chi connectivity index (χ1n) is 9.46. The van der Waals surface area contributed by atoms with Crippen molar-refractivity contribution in [1.82, 2.24) is 9.97 Å². The van der Waals surface area contributed by atoms with Crippen LogP contribution in [0.15, 0.2) is 103 Å². The minimum absolute atomic E-state index is 0.697. The van der Waals surface area contributed by atoms with Crippen LogP contribution in [-0.4, -0.2) is 9.97 Å². The van der Waals surface area contributed by atoms with Gasteiger partial charge in [0.15, 0.2) is 5.82 Å². The molecule has 0 saturated heterocycles. The third-order valence-electron chi connectivity index (χ3n) is 4.97. The number of benzene rings is 4. The zero-order chi connectivity index (χ0) is 19.6. The number of hydrogen-bond donors (Lipinski definition) is 0. The van der Waals surface area contributed by atoms with Crippen LogP contribution < -0.4 is 0 Å². The van der Waals surface area contributed by atoms with Crippen molar-refractivity contribution in [3.8, 4) is 33.8 Å². The maximum atomic E-state index is 6.05. The molecule has 1 heterocycles. The largest absolute Gasteiger partial charge is 0.228 e. The summed E-state index contributed by atoms with van der Waals surface area (Å²) in [6.45, 7) is 0. The van der Waals surface area contributed by atoms with Crippen molar-refractivity contribution >= 4 is 22.5 Å². The van der Waals surface area contributed by atoms with Crippen LogP contribution in [0.25, 0.3) is 44.7 Å². The molecule has 0 fully saturated rings. The van der Waals surface area contributed by atoms with E-state index in [0.717, 1.165) is 27.7 Å². The molecule has 29 heavy (non-hydrogen) atoms. The van der Waals surface area contributed by atoms with Crippen molar-refractivity contribution in [1.29, 1.82) is 0 Å². The summed E-state index contributed by atoms with van der Waals surface area (Å²) < 4.78 is 0. The molecule has 0 unspecified atom stereocenters. The van der Waals surface area contributed by atoms with Crippen LogP contribution in [0.3, 0.4) is 0 Å². The molecule has 0 aliphatic heterocycles. The molecule has 0 spiro atoms. The molecule has 5 aromatic rings. The lowest BCUT2D eigenvalue weighted by atomic mass is 10.0. The van der Waals surface area contributed by atoms with Crippen molar-refractivity contribution < 1.29 is 0 Å². The van der Waals surface area contributed by atoms with Crippen LogP contribution in [0.5, 0.6) is 0 Å². The number of fused-ring (bicyclic) bond motifs is 1. The highest BCUT2D eigenvalue weighted by Gasteiger charge is 2.11. The summed E-state index contributed by atoms with van der Waals surface area (Å²) in [5, 5.41) is 1.74. The van der Waals surface area contributed by atoms with E-state index in [9.17, 15) is 0 Å². The summed E-state index contributed by atoms with van der Waals surface area (Å²) in [4.78, 5) is 9.69. The van der Waals surface area contributed by atoms with Crippen LogP contribution in [0.4, 0.5) is 0 Å². The van der Waals surface area contributed by atoms with E-state index in [0.29, 0.717) is 10.8 Å². The minimum atomic E-state index is 0.697. The van der Waals surface area contributed by atoms with Crippen molar-refractivity contribution in [3.63, 3.8) is 0 Å². The van der Waals surface area contributed by atoms with Crippen molar-refractivity contribution in [3.05, 3.63) is 108 Å². The Labute approximate surface area is 174 Å². The Morgan fingerprint density at radius 1 is 0.483 bits per heavy atom. The maximum Gasteiger partial charge on any atom is 0.160 e. The van der Waals surface area contributed by atoms with E-state index in [1.54, 1.807) is 0 Å². The van der Waals surface area contributed by atoms with Gasteiger partial charge in [0.25, 0.3) is 0 Å². The standard InChI is InChI=1S/C26H17ClN2/c27-22-16-14-21(15-17-22)26-28-24-9-5-4-8-23(24)25(29-26)20-12-10-19(11-13-20)18-6-2-1-3-7-18/h1-17H. The van der Waals surface area contributed by atoms with E-state index in [1.165, 1.54) is 11.1 Å². The van der Waals surface area contributed by atoms with Gasteiger partial charge in [-0.05, 0) is 41.5 Å². The van der Waals surface area contributed by atoms with Crippen LogP contribution in [-0.2, 0) is 0 Å². The molecule has 0 aliphatic rings. The predicted octanol–water partition coefficient (Wildman–Crippen LogP) is 7.28. The average Bonchev–Trinajstić information content (AvgIpc) is 2.79. The molecule has 0 aliphatic carbocycles. The molecule has 1 aromatic heterocycles. The fourth-order valence-electron chi connectivity index (χ4n) is 3.48. The molecular formula is C26H17ClN2. The van der Waals surface area contributed by atoms with Crippen LogP contribution in [0, 0.1) is 0 Å². The summed E-state index contributed by atoms with van der Waals surface area (Å²) >= 11 is 6.05. The van der Waals surface area contributed by atoms with Gasteiger partial charge in [-0.3, -0.25) is 0 Å². The molecule has 0 atom stereocenters. The van der Waals surface area contributed by atoms with E-state index in [-0.39, 0.29) is 0 Å². The summed E-state index contributed by atoms with van der Waals surface area (Å²) in [5.74, 6) is 0.697. The van der Waals surface area contributed by atoms with Crippen molar-refractivity contribution in [2.45, 2.75) is 0 Å². The fourth-order valence-corrected chi connectivity index (χ4v) is 3.60. The van der Waals surface area contributed by atoms with Crippen LogP contribution in [0.2, 0.25) is 5.02 Å². The number of halogens is 1. The van der Waals surface area contributed by atoms with E-state index < -0.39 is 0 Å². The molecule has 4 aromatic carbocycles. The highest BCUT2D eigenvalue weighted by atomic mass is 35.5. The Hall–Kier alpha value is -3.49. The molecule has 0 saturated carbocycles. The van der Waals surface area contributed by atoms with Gasteiger partial charge in [-0.15, -0.1) is 0 Å². The van der Waals surface area contributed by atoms with E-state index >= 15 is 0 Å². The zero-order valence-electron chi connectivity index (χ0n) is 15.6. The highest BCUT2D eigenvalue weighted by molar-refractivity contribution is 6.30.